The average molecular weight is 173 g/mol. The van der Waals surface area contributed by atoms with E-state index in [1.807, 2.05) is 0 Å². The van der Waals surface area contributed by atoms with Crippen LogP contribution in [0.5, 0.6) is 0 Å². The molecule has 0 aliphatic carbocycles. The van der Waals surface area contributed by atoms with Gasteiger partial charge in [0.15, 0.2) is 0 Å². The number of piperazine rings is 1. The topological polar surface area (TPSA) is 18.5 Å². The number of hydrogen-bond donors (Lipinski definition) is 1. The van der Waals surface area contributed by atoms with Crippen molar-refractivity contribution in [3.05, 3.63) is 0 Å². The molecule has 1 fully saturated rings. The third-order valence-corrected chi connectivity index (χ3v) is 2.16. The maximum Gasteiger partial charge on any atom is 0.0759 e. The molecular weight excluding hydrogens is 158 g/mol. The number of hydrogen-bond acceptors (Lipinski definition) is 3. The molecule has 0 radical (unpaired) electrons. The maximum absolute atomic E-state index is 4.70. The van der Waals surface area contributed by atoms with Crippen LogP contribution in [0.4, 0.5) is 0 Å². The largest absolute Gasteiger partial charge is 0.315 e. The Morgan fingerprint density at radius 2 is 2.00 bits per heavy atom. The lowest BCUT2D eigenvalue weighted by molar-refractivity contribution is 0.118. The van der Waals surface area contributed by atoms with E-state index in [1.54, 1.807) is 5.49 Å². The van der Waals surface area contributed by atoms with Gasteiger partial charge in [0.25, 0.3) is 0 Å². The van der Waals surface area contributed by atoms with E-state index in [0.29, 0.717) is 0 Å². The van der Waals surface area contributed by atoms with E-state index in [1.165, 1.54) is 0 Å². The fourth-order valence-corrected chi connectivity index (χ4v) is 1.42. The Labute approximate surface area is 73.3 Å². The van der Waals surface area contributed by atoms with Crippen LogP contribution in [0.2, 0.25) is 0 Å². The molecule has 0 saturated carbocycles. The summed E-state index contributed by atoms with van der Waals surface area (Å²) in [7, 11) is 0. The second kappa shape index (κ2) is 4.64. The molecule has 1 N–H and O–H groups in total. The molecule has 1 heterocycles. The molecule has 0 atom stereocenters. The van der Waals surface area contributed by atoms with Crippen molar-refractivity contribution in [1.29, 1.82) is 0 Å². The zero-order chi connectivity index (χ0) is 8.10. The number of likely N-dealkylation sites (N-methyl/N-ethyl adjacent to an activating group) is 1. The molecule has 0 spiro atoms. The first-order valence-electron chi connectivity index (χ1n) is 4.04. The highest BCUT2D eigenvalue weighted by Gasteiger charge is 2.13. The minimum Gasteiger partial charge on any atom is -0.315 e. The minimum atomic E-state index is 1.07. The Morgan fingerprint density at radius 3 is 2.45 bits per heavy atom. The molecule has 1 saturated heterocycles. The Hall–Kier alpha value is -0.190. The van der Waals surface area contributed by atoms with Crippen LogP contribution in [0.1, 0.15) is 6.92 Å². The van der Waals surface area contributed by atoms with Gasteiger partial charge in [-0.05, 0) is 6.54 Å². The highest BCUT2D eigenvalue weighted by Crippen LogP contribution is 1.96. The van der Waals surface area contributed by atoms with Gasteiger partial charge in [0, 0.05) is 26.2 Å². The summed E-state index contributed by atoms with van der Waals surface area (Å²) < 4.78 is 0. The molecule has 11 heavy (non-hydrogen) atoms. The van der Waals surface area contributed by atoms with Gasteiger partial charge in [0.1, 0.15) is 0 Å². The molecule has 0 unspecified atom stereocenters. The summed E-state index contributed by atoms with van der Waals surface area (Å²) >= 11 is 4.70. The summed E-state index contributed by atoms with van der Waals surface area (Å²) in [5, 5.41) is 2.15. The first kappa shape index (κ1) is 8.90. The molecule has 0 aromatic carbocycles. The van der Waals surface area contributed by atoms with Crippen LogP contribution in [-0.4, -0.2) is 48.1 Å². The molecular formula is C7H15N3S. The lowest BCUT2D eigenvalue weighted by Gasteiger charge is -2.33. The lowest BCUT2D eigenvalue weighted by atomic mass is 10.3. The van der Waals surface area contributed by atoms with Crippen molar-refractivity contribution in [3.8, 4) is 0 Å². The summed E-state index contributed by atoms with van der Waals surface area (Å²) in [6, 6.07) is 0. The Balaban J connectivity index is 2.18. The molecule has 0 amide bonds. The normalized spacial score (nSPS) is 21.5. The summed E-state index contributed by atoms with van der Waals surface area (Å²) in [5.41, 5.74) is 4.60. The van der Waals surface area contributed by atoms with Crippen molar-refractivity contribution in [1.82, 2.24) is 15.3 Å². The van der Waals surface area contributed by atoms with E-state index in [4.69, 9.17) is 12.2 Å². The van der Waals surface area contributed by atoms with Gasteiger partial charge in [-0.25, -0.2) is 5.01 Å². The average Bonchev–Trinajstić information content (AvgIpc) is 2.07. The van der Waals surface area contributed by atoms with Crippen LogP contribution in [0.15, 0.2) is 0 Å². The minimum absolute atomic E-state index is 1.07. The summed E-state index contributed by atoms with van der Waals surface area (Å²) in [4.78, 5) is 2.43. The Morgan fingerprint density at radius 1 is 1.36 bits per heavy atom. The van der Waals surface area contributed by atoms with Gasteiger partial charge < -0.3 is 10.3 Å². The summed E-state index contributed by atoms with van der Waals surface area (Å²) in [6.45, 7) is 7.79. The molecule has 1 aliphatic rings. The fraction of sp³-hybridized carbons (Fsp3) is 0.857. The third-order valence-electron chi connectivity index (χ3n) is 2.05. The van der Waals surface area contributed by atoms with Crippen molar-refractivity contribution < 1.29 is 0 Å². The lowest BCUT2D eigenvalue weighted by Crippen LogP contribution is -2.51. The fourth-order valence-electron chi connectivity index (χ4n) is 1.27. The van der Waals surface area contributed by atoms with Crippen LogP contribution in [0.3, 0.4) is 0 Å². The second-order valence-corrected chi connectivity index (χ2v) is 2.90. The molecule has 3 nitrogen and oxygen atoms in total. The van der Waals surface area contributed by atoms with Crippen LogP contribution < -0.4 is 5.43 Å². The van der Waals surface area contributed by atoms with Crippen molar-refractivity contribution in [2.45, 2.75) is 6.92 Å². The number of nitrogens with one attached hydrogen (secondary N) is 1. The first-order valence-corrected chi connectivity index (χ1v) is 4.51. The van der Waals surface area contributed by atoms with E-state index in [9.17, 15) is 0 Å². The van der Waals surface area contributed by atoms with Gasteiger partial charge in [-0.2, -0.15) is 0 Å². The van der Waals surface area contributed by atoms with Crippen molar-refractivity contribution in [3.63, 3.8) is 0 Å². The molecule has 4 heteroatoms. The molecule has 1 aliphatic heterocycles. The van der Waals surface area contributed by atoms with Crippen LogP contribution >= 0.6 is 12.2 Å². The molecule has 64 valence electrons. The number of thiocarbonyl (C=S) groups is 1. The highest BCUT2D eigenvalue weighted by atomic mass is 32.1. The molecule has 0 aromatic heterocycles. The number of rotatable bonds is 3. The third kappa shape index (κ3) is 2.73. The number of hydrazine groups is 1. The van der Waals surface area contributed by atoms with Gasteiger partial charge >= 0.3 is 0 Å². The molecule has 1 rings (SSSR count). The van der Waals surface area contributed by atoms with Crippen LogP contribution in [0.25, 0.3) is 0 Å². The highest BCUT2D eigenvalue weighted by molar-refractivity contribution is 7.78. The van der Waals surface area contributed by atoms with E-state index in [2.05, 4.69) is 22.3 Å². The smallest absolute Gasteiger partial charge is 0.0759 e. The Bertz CT molecular complexity index is 121. The zero-order valence-corrected chi connectivity index (χ0v) is 7.73. The standard InChI is InChI=1S/C7H15N3S/c1-2-9-3-5-10(6-4-9)8-7-11/h7H,2-6H2,1H3,(H,8,11). The summed E-state index contributed by atoms with van der Waals surface area (Å²) in [6.07, 6.45) is 0. The molecule has 0 aromatic rings. The number of nitrogens with zero attached hydrogens (tertiary/aromatic N) is 2. The SMILES string of the molecule is CCN1CCN(NC=S)CC1. The van der Waals surface area contributed by atoms with Crippen LogP contribution in [0, 0.1) is 0 Å². The second-order valence-electron chi connectivity index (χ2n) is 2.67. The van der Waals surface area contributed by atoms with E-state index < -0.39 is 0 Å². The quantitative estimate of drug-likeness (QED) is 0.609. The van der Waals surface area contributed by atoms with Gasteiger partial charge in [-0.3, -0.25) is 0 Å². The molecule has 0 bridgehead atoms. The van der Waals surface area contributed by atoms with Crippen molar-refractivity contribution in [2.24, 2.45) is 0 Å². The van der Waals surface area contributed by atoms with E-state index >= 15 is 0 Å². The van der Waals surface area contributed by atoms with Gasteiger partial charge in [-0.1, -0.05) is 19.1 Å². The first-order chi connectivity index (χ1) is 5.36. The Kier molecular flexibility index (Phi) is 3.76. The van der Waals surface area contributed by atoms with E-state index in [0.717, 1.165) is 32.7 Å². The van der Waals surface area contributed by atoms with Gasteiger partial charge in [-0.15, -0.1) is 0 Å². The van der Waals surface area contributed by atoms with Gasteiger partial charge in [0.2, 0.25) is 0 Å². The van der Waals surface area contributed by atoms with Crippen molar-refractivity contribution >= 4 is 17.7 Å². The maximum atomic E-state index is 4.70. The van der Waals surface area contributed by atoms with Crippen molar-refractivity contribution in [2.75, 3.05) is 32.7 Å². The van der Waals surface area contributed by atoms with E-state index in [-0.39, 0.29) is 0 Å². The monoisotopic (exact) mass is 173 g/mol. The zero-order valence-electron chi connectivity index (χ0n) is 6.92. The predicted octanol–water partition coefficient (Wildman–Crippen LogP) is 0.0857. The van der Waals surface area contributed by atoms with Gasteiger partial charge in [0.05, 0.1) is 5.49 Å². The predicted molar refractivity (Wildman–Crippen MR) is 50.5 cm³/mol. The van der Waals surface area contributed by atoms with Crippen LogP contribution in [-0.2, 0) is 0 Å². The summed E-state index contributed by atoms with van der Waals surface area (Å²) in [5.74, 6) is 0.